The second-order valence-corrected chi connectivity index (χ2v) is 8.91. The van der Waals surface area contributed by atoms with Gasteiger partial charge in [-0.25, -0.2) is 4.98 Å². The Morgan fingerprint density at radius 1 is 1.07 bits per heavy atom. The molecule has 2 aromatic carbocycles. The molecule has 1 amide bonds. The second kappa shape index (κ2) is 8.42. The summed E-state index contributed by atoms with van der Waals surface area (Å²) in [4.78, 5) is 21.7. The number of fused-ring (bicyclic) bond motifs is 1. The van der Waals surface area contributed by atoms with Crippen LogP contribution in [0, 0.1) is 0 Å². The second-order valence-electron chi connectivity index (χ2n) is 6.66. The molecule has 1 aromatic heterocycles. The van der Waals surface area contributed by atoms with E-state index in [1.54, 1.807) is 23.1 Å². The van der Waals surface area contributed by atoms with E-state index in [0.29, 0.717) is 0 Å². The number of amides is 1. The molecule has 1 saturated heterocycles. The van der Waals surface area contributed by atoms with E-state index >= 15 is 0 Å². The van der Waals surface area contributed by atoms with E-state index < -0.39 is 0 Å². The van der Waals surface area contributed by atoms with Gasteiger partial charge < -0.3 is 9.80 Å². The largest absolute Gasteiger partial charge is 0.336 e. The minimum atomic E-state index is 0.149. The van der Waals surface area contributed by atoms with Crippen LogP contribution in [-0.4, -0.2) is 53.4 Å². The summed E-state index contributed by atoms with van der Waals surface area (Å²) in [6, 6.07) is 16.3. The summed E-state index contributed by atoms with van der Waals surface area (Å²) >= 11 is 3.48. The molecule has 4 rings (SSSR count). The van der Waals surface area contributed by atoms with Gasteiger partial charge >= 0.3 is 0 Å². The highest BCUT2D eigenvalue weighted by molar-refractivity contribution is 8.00. The fraction of sp³-hybridized carbons (Fsp3) is 0.333. The first-order chi connectivity index (χ1) is 13.2. The van der Waals surface area contributed by atoms with Gasteiger partial charge in [-0.15, -0.1) is 11.3 Å². The monoisotopic (exact) mass is 397 g/mol. The lowest BCUT2D eigenvalue weighted by atomic mass is 10.1. The number of aromatic nitrogens is 1. The van der Waals surface area contributed by atoms with Gasteiger partial charge in [0.25, 0.3) is 5.91 Å². The molecule has 0 aliphatic carbocycles. The number of para-hydroxylation sites is 1. The van der Waals surface area contributed by atoms with Gasteiger partial charge in [0.1, 0.15) is 0 Å². The van der Waals surface area contributed by atoms with Crippen molar-refractivity contribution in [1.82, 2.24) is 14.8 Å². The molecule has 0 saturated carbocycles. The molecule has 1 aliphatic rings. The zero-order chi connectivity index (χ0) is 18.6. The van der Waals surface area contributed by atoms with Gasteiger partial charge in [0.15, 0.2) is 4.34 Å². The third-order valence-corrected chi connectivity index (χ3v) is 7.19. The van der Waals surface area contributed by atoms with Gasteiger partial charge in [-0.05, 0) is 36.4 Å². The minimum absolute atomic E-state index is 0.149. The molecule has 3 aromatic rings. The first kappa shape index (κ1) is 18.5. The summed E-state index contributed by atoms with van der Waals surface area (Å²) in [6.07, 6.45) is 0. The maximum absolute atomic E-state index is 12.7. The Morgan fingerprint density at radius 3 is 2.52 bits per heavy atom. The summed E-state index contributed by atoms with van der Waals surface area (Å²) in [5.74, 6) is 1.01. The maximum Gasteiger partial charge on any atom is 0.253 e. The predicted octanol–water partition coefficient (Wildman–Crippen LogP) is 4.37. The third kappa shape index (κ3) is 4.34. The summed E-state index contributed by atoms with van der Waals surface area (Å²) in [6.45, 7) is 6.81. The van der Waals surface area contributed by atoms with Crippen molar-refractivity contribution in [2.24, 2.45) is 0 Å². The summed E-state index contributed by atoms with van der Waals surface area (Å²) < 4.78 is 2.31. The number of thiazole rings is 1. The van der Waals surface area contributed by atoms with Gasteiger partial charge in [0, 0.05) is 37.5 Å². The quantitative estimate of drug-likeness (QED) is 0.599. The van der Waals surface area contributed by atoms with Crippen LogP contribution in [0.4, 0.5) is 0 Å². The molecular weight excluding hydrogens is 374 g/mol. The highest BCUT2D eigenvalue weighted by Gasteiger charge is 2.21. The van der Waals surface area contributed by atoms with Gasteiger partial charge in [-0.1, -0.05) is 43.0 Å². The summed E-state index contributed by atoms with van der Waals surface area (Å²) in [7, 11) is 0. The molecule has 27 heavy (non-hydrogen) atoms. The molecule has 0 N–H and O–H groups in total. The van der Waals surface area contributed by atoms with E-state index in [4.69, 9.17) is 0 Å². The topological polar surface area (TPSA) is 36.4 Å². The smallest absolute Gasteiger partial charge is 0.253 e. The maximum atomic E-state index is 12.7. The standard InChI is InChI=1S/C21H23N3OS2/c1-2-23-11-13-24(14-12-23)20(25)17-9-7-16(8-10-17)15-26-21-22-18-5-3-4-6-19(18)27-21/h3-10H,2,11-15H2,1H3. The molecule has 0 radical (unpaired) electrons. The van der Waals surface area contributed by atoms with Crippen LogP contribution in [-0.2, 0) is 5.75 Å². The van der Waals surface area contributed by atoms with Gasteiger partial charge in [0.2, 0.25) is 0 Å². The SMILES string of the molecule is CCN1CCN(C(=O)c2ccc(CSc3nc4ccccc4s3)cc2)CC1. The normalized spacial score (nSPS) is 15.4. The van der Waals surface area contributed by atoms with Crippen LogP contribution in [0.3, 0.4) is 0 Å². The third-order valence-electron chi connectivity index (χ3n) is 4.94. The average molecular weight is 398 g/mol. The van der Waals surface area contributed by atoms with Crippen LogP contribution in [0.15, 0.2) is 52.9 Å². The molecule has 0 bridgehead atoms. The fourth-order valence-corrected chi connectivity index (χ4v) is 5.28. The highest BCUT2D eigenvalue weighted by atomic mass is 32.2. The number of carbonyl (C=O) groups is 1. The number of thioether (sulfide) groups is 1. The van der Waals surface area contributed by atoms with E-state index in [1.807, 2.05) is 29.2 Å². The van der Waals surface area contributed by atoms with Crippen molar-refractivity contribution in [2.75, 3.05) is 32.7 Å². The molecule has 6 heteroatoms. The van der Waals surface area contributed by atoms with Gasteiger partial charge in [-0.2, -0.15) is 0 Å². The first-order valence-corrected chi connectivity index (χ1v) is 11.1. The van der Waals surface area contributed by atoms with Crippen molar-refractivity contribution in [3.05, 3.63) is 59.7 Å². The number of hydrogen-bond donors (Lipinski definition) is 0. The van der Waals surface area contributed by atoms with Crippen LogP contribution in [0.1, 0.15) is 22.8 Å². The lowest BCUT2D eigenvalue weighted by Gasteiger charge is -2.34. The lowest BCUT2D eigenvalue weighted by Crippen LogP contribution is -2.48. The Morgan fingerprint density at radius 2 is 1.81 bits per heavy atom. The lowest BCUT2D eigenvalue weighted by molar-refractivity contribution is 0.0643. The highest BCUT2D eigenvalue weighted by Crippen LogP contribution is 2.31. The number of benzene rings is 2. The van der Waals surface area contributed by atoms with Crippen LogP contribution < -0.4 is 0 Å². The van der Waals surface area contributed by atoms with Crippen LogP contribution in [0.2, 0.25) is 0 Å². The average Bonchev–Trinajstić information content (AvgIpc) is 3.15. The van der Waals surface area contributed by atoms with Crippen molar-refractivity contribution in [3.8, 4) is 0 Å². The zero-order valence-electron chi connectivity index (χ0n) is 15.4. The molecule has 4 nitrogen and oxygen atoms in total. The molecule has 140 valence electrons. The number of nitrogens with zero attached hydrogens (tertiary/aromatic N) is 3. The van der Waals surface area contributed by atoms with Crippen molar-refractivity contribution in [3.63, 3.8) is 0 Å². The zero-order valence-corrected chi connectivity index (χ0v) is 17.1. The molecule has 1 aliphatic heterocycles. The van der Waals surface area contributed by atoms with E-state index in [1.165, 1.54) is 10.3 Å². The Bertz CT molecular complexity index is 882. The molecule has 0 spiro atoms. The predicted molar refractivity (Wildman–Crippen MR) is 114 cm³/mol. The summed E-state index contributed by atoms with van der Waals surface area (Å²) in [5, 5.41) is 0. The Balaban J connectivity index is 1.35. The Hall–Kier alpha value is -1.89. The van der Waals surface area contributed by atoms with E-state index in [-0.39, 0.29) is 5.91 Å². The van der Waals surface area contributed by atoms with Gasteiger partial charge in [0.05, 0.1) is 10.2 Å². The molecule has 0 unspecified atom stereocenters. The van der Waals surface area contributed by atoms with Crippen LogP contribution in [0.25, 0.3) is 10.2 Å². The van der Waals surface area contributed by atoms with Crippen molar-refractivity contribution in [2.45, 2.75) is 17.0 Å². The van der Waals surface area contributed by atoms with Crippen molar-refractivity contribution in [1.29, 1.82) is 0 Å². The van der Waals surface area contributed by atoms with E-state index in [0.717, 1.165) is 53.9 Å². The molecular formula is C21H23N3OS2. The molecule has 2 heterocycles. The fourth-order valence-electron chi connectivity index (χ4n) is 3.25. The number of rotatable bonds is 5. The van der Waals surface area contributed by atoms with E-state index in [9.17, 15) is 4.79 Å². The van der Waals surface area contributed by atoms with E-state index in [2.05, 4.69) is 41.1 Å². The van der Waals surface area contributed by atoms with Crippen LogP contribution >= 0.6 is 23.1 Å². The first-order valence-electron chi connectivity index (χ1n) is 9.32. The molecule has 1 fully saturated rings. The van der Waals surface area contributed by atoms with Crippen LogP contribution in [0.5, 0.6) is 0 Å². The number of hydrogen-bond acceptors (Lipinski definition) is 5. The Labute approximate surface area is 168 Å². The van der Waals surface area contributed by atoms with Gasteiger partial charge in [-0.3, -0.25) is 4.79 Å². The van der Waals surface area contributed by atoms with Crippen molar-refractivity contribution < 1.29 is 4.79 Å². The summed E-state index contributed by atoms with van der Waals surface area (Å²) in [5.41, 5.74) is 3.06. The molecule has 0 atom stereocenters. The Kier molecular flexibility index (Phi) is 5.76. The van der Waals surface area contributed by atoms with Crippen molar-refractivity contribution >= 4 is 39.2 Å². The minimum Gasteiger partial charge on any atom is -0.336 e. The number of piperazine rings is 1. The number of carbonyl (C=O) groups excluding carboxylic acids is 1. The number of likely N-dealkylation sites (N-methyl/N-ethyl adjacent to an activating group) is 1.